The van der Waals surface area contributed by atoms with E-state index in [-0.39, 0.29) is 17.2 Å². The monoisotopic (exact) mass is 203 g/mol. The molecule has 0 aromatic heterocycles. The lowest BCUT2D eigenvalue weighted by molar-refractivity contribution is -0.125. The zero-order chi connectivity index (χ0) is 9.84. The first-order chi connectivity index (χ1) is 6.11. The zero-order valence-electron chi connectivity index (χ0n) is 8.35. The molecule has 0 radical (unpaired) electrons. The summed E-state index contributed by atoms with van der Waals surface area (Å²) < 4.78 is 0. The summed E-state index contributed by atoms with van der Waals surface area (Å²) in [6.45, 7) is 4.63. The predicted molar refractivity (Wildman–Crippen MR) is 54.8 cm³/mol. The molecule has 0 spiro atoms. The number of rotatable bonds is 3. The number of halogens is 1. The van der Waals surface area contributed by atoms with Gasteiger partial charge >= 0.3 is 0 Å². The molecule has 0 aromatic carbocycles. The number of alkyl halides is 1. The maximum atomic E-state index is 11.6. The number of amides is 1. The number of hydrogen-bond acceptors (Lipinski definition) is 1. The van der Waals surface area contributed by atoms with Crippen molar-refractivity contribution < 1.29 is 4.79 Å². The lowest BCUT2D eigenvalue weighted by Gasteiger charge is -2.15. The second-order valence-corrected chi connectivity index (χ2v) is 4.79. The molecule has 0 aliphatic heterocycles. The highest BCUT2D eigenvalue weighted by atomic mass is 35.5. The first kappa shape index (κ1) is 10.8. The van der Waals surface area contributed by atoms with Crippen LogP contribution in [0.5, 0.6) is 0 Å². The molecule has 1 amide bonds. The summed E-state index contributed by atoms with van der Waals surface area (Å²) in [5.74, 6) is 0.971. The average molecular weight is 204 g/mol. The molecular weight excluding hydrogens is 186 g/mol. The van der Waals surface area contributed by atoms with E-state index in [1.54, 1.807) is 0 Å². The van der Waals surface area contributed by atoms with E-state index >= 15 is 0 Å². The molecule has 76 valence electrons. The fourth-order valence-corrected chi connectivity index (χ4v) is 1.98. The van der Waals surface area contributed by atoms with Crippen LogP contribution in [-0.2, 0) is 4.79 Å². The normalized spacial score (nSPS) is 30.1. The van der Waals surface area contributed by atoms with Crippen molar-refractivity contribution in [1.29, 1.82) is 0 Å². The molecule has 0 saturated heterocycles. The molecule has 3 unspecified atom stereocenters. The predicted octanol–water partition coefficient (Wildman–Crippen LogP) is 2.17. The van der Waals surface area contributed by atoms with Crippen LogP contribution >= 0.6 is 11.6 Å². The Morgan fingerprint density at radius 3 is 2.77 bits per heavy atom. The lowest BCUT2D eigenvalue weighted by atomic mass is 9.97. The summed E-state index contributed by atoms with van der Waals surface area (Å²) in [4.78, 5) is 11.6. The SMILES string of the molecule is CC(Cl)CNC(=O)C1CCCC1C. The fourth-order valence-electron chi connectivity index (χ4n) is 1.91. The first-order valence-electron chi connectivity index (χ1n) is 5.03. The maximum Gasteiger partial charge on any atom is 0.223 e. The Labute approximate surface area is 85.0 Å². The summed E-state index contributed by atoms with van der Waals surface area (Å²) >= 11 is 5.75. The van der Waals surface area contributed by atoms with Crippen molar-refractivity contribution in [2.45, 2.75) is 38.5 Å². The molecule has 0 heterocycles. The van der Waals surface area contributed by atoms with Crippen LogP contribution in [0.25, 0.3) is 0 Å². The van der Waals surface area contributed by atoms with Crippen molar-refractivity contribution in [3.63, 3.8) is 0 Å². The second kappa shape index (κ2) is 4.85. The minimum absolute atomic E-state index is 0.0284. The van der Waals surface area contributed by atoms with Crippen molar-refractivity contribution in [1.82, 2.24) is 5.32 Å². The Bertz CT molecular complexity index is 182. The molecule has 0 aromatic rings. The Hall–Kier alpha value is -0.240. The van der Waals surface area contributed by atoms with Gasteiger partial charge in [0.15, 0.2) is 0 Å². The third-order valence-electron chi connectivity index (χ3n) is 2.76. The average Bonchev–Trinajstić information content (AvgIpc) is 2.47. The van der Waals surface area contributed by atoms with E-state index < -0.39 is 0 Å². The van der Waals surface area contributed by atoms with Crippen molar-refractivity contribution in [2.75, 3.05) is 6.54 Å². The molecule has 1 aliphatic carbocycles. The number of hydrogen-bond donors (Lipinski definition) is 1. The van der Waals surface area contributed by atoms with Gasteiger partial charge in [0.1, 0.15) is 0 Å². The summed E-state index contributed by atoms with van der Waals surface area (Å²) in [5, 5.41) is 2.91. The Balaban J connectivity index is 2.30. The van der Waals surface area contributed by atoms with Gasteiger partial charge in [0.2, 0.25) is 5.91 Å². The smallest absolute Gasteiger partial charge is 0.223 e. The van der Waals surface area contributed by atoms with E-state index in [0.717, 1.165) is 6.42 Å². The van der Waals surface area contributed by atoms with Gasteiger partial charge in [-0.3, -0.25) is 4.79 Å². The van der Waals surface area contributed by atoms with Gasteiger partial charge in [-0.05, 0) is 25.7 Å². The van der Waals surface area contributed by atoms with E-state index in [0.29, 0.717) is 12.5 Å². The standard InChI is InChI=1S/C10H18ClNO/c1-7-4-3-5-9(7)10(13)12-6-8(2)11/h7-9H,3-6H2,1-2H3,(H,12,13). The summed E-state index contributed by atoms with van der Waals surface area (Å²) in [7, 11) is 0. The molecule has 1 rings (SSSR count). The molecule has 1 N–H and O–H groups in total. The highest BCUT2D eigenvalue weighted by Gasteiger charge is 2.29. The van der Waals surface area contributed by atoms with Crippen LogP contribution in [0.15, 0.2) is 0 Å². The molecule has 1 fully saturated rings. The molecule has 2 nitrogen and oxygen atoms in total. The zero-order valence-corrected chi connectivity index (χ0v) is 9.10. The molecule has 0 bridgehead atoms. The fraction of sp³-hybridized carbons (Fsp3) is 0.900. The largest absolute Gasteiger partial charge is 0.354 e. The van der Waals surface area contributed by atoms with Crippen molar-refractivity contribution >= 4 is 17.5 Å². The number of carbonyl (C=O) groups excluding carboxylic acids is 1. The number of carbonyl (C=O) groups is 1. The van der Waals surface area contributed by atoms with Crippen LogP contribution in [0.2, 0.25) is 0 Å². The van der Waals surface area contributed by atoms with E-state index in [2.05, 4.69) is 12.2 Å². The van der Waals surface area contributed by atoms with Gasteiger partial charge in [-0.2, -0.15) is 0 Å². The van der Waals surface area contributed by atoms with Crippen LogP contribution in [0.3, 0.4) is 0 Å². The van der Waals surface area contributed by atoms with E-state index in [9.17, 15) is 4.79 Å². The van der Waals surface area contributed by atoms with Crippen LogP contribution in [0, 0.1) is 11.8 Å². The van der Waals surface area contributed by atoms with Crippen molar-refractivity contribution in [3.8, 4) is 0 Å². The summed E-state index contributed by atoms with van der Waals surface area (Å²) in [5.41, 5.74) is 0. The van der Waals surface area contributed by atoms with Gasteiger partial charge in [0.25, 0.3) is 0 Å². The molecule has 1 saturated carbocycles. The summed E-state index contributed by atoms with van der Waals surface area (Å²) in [6.07, 6.45) is 3.42. The van der Waals surface area contributed by atoms with Crippen molar-refractivity contribution in [2.24, 2.45) is 11.8 Å². The minimum atomic E-state index is 0.0284. The molecule has 3 heteroatoms. The van der Waals surface area contributed by atoms with Crippen LogP contribution in [0.4, 0.5) is 0 Å². The van der Waals surface area contributed by atoms with Crippen LogP contribution in [0.1, 0.15) is 33.1 Å². The van der Waals surface area contributed by atoms with E-state index in [1.165, 1.54) is 12.8 Å². The quantitative estimate of drug-likeness (QED) is 0.700. The summed E-state index contributed by atoms with van der Waals surface area (Å²) in [6, 6.07) is 0. The Morgan fingerprint density at radius 1 is 1.62 bits per heavy atom. The van der Waals surface area contributed by atoms with Gasteiger partial charge in [-0.25, -0.2) is 0 Å². The van der Waals surface area contributed by atoms with Gasteiger partial charge in [-0.15, -0.1) is 11.6 Å². The van der Waals surface area contributed by atoms with Gasteiger partial charge in [0.05, 0.1) is 0 Å². The molecule has 3 atom stereocenters. The Morgan fingerprint density at radius 2 is 2.31 bits per heavy atom. The number of nitrogens with one attached hydrogen (secondary N) is 1. The van der Waals surface area contributed by atoms with E-state index in [4.69, 9.17) is 11.6 Å². The third kappa shape index (κ3) is 3.18. The highest BCUT2D eigenvalue weighted by molar-refractivity contribution is 6.20. The van der Waals surface area contributed by atoms with Gasteiger partial charge < -0.3 is 5.32 Å². The van der Waals surface area contributed by atoms with Gasteiger partial charge in [0, 0.05) is 17.8 Å². The van der Waals surface area contributed by atoms with Crippen LogP contribution < -0.4 is 5.32 Å². The van der Waals surface area contributed by atoms with Crippen LogP contribution in [-0.4, -0.2) is 17.8 Å². The van der Waals surface area contributed by atoms with E-state index in [1.807, 2.05) is 6.92 Å². The minimum Gasteiger partial charge on any atom is -0.354 e. The van der Waals surface area contributed by atoms with Crippen molar-refractivity contribution in [3.05, 3.63) is 0 Å². The topological polar surface area (TPSA) is 29.1 Å². The van der Waals surface area contributed by atoms with Gasteiger partial charge in [-0.1, -0.05) is 13.3 Å². The Kier molecular flexibility index (Phi) is 4.04. The molecular formula is C10H18ClNO. The lowest BCUT2D eigenvalue weighted by Crippen LogP contribution is -2.35. The molecule has 13 heavy (non-hydrogen) atoms. The highest BCUT2D eigenvalue weighted by Crippen LogP contribution is 2.31. The first-order valence-corrected chi connectivity index (χ1v) is 5.46. The maximum absolute atomic E-state index is 11.6. The third-order valence-corrected chi connectivity index (χ3v) is 2.91. The molecule has 1 aliphatic rings. The second-order valence-electron chi connectivity index (χ2n) is 4.04.